The summed E-state index contributed by atoms with van der Waals surface area (Å²) in [6.45, 7) is 2.16. The predicted octanol–water partition coefficient (Wildman–Crippen LogP) is 3.81. The molecule has 0 radical (unpaired) electrons. The van der Waals surface area contributed by atoms with Gasteiger partial charge in [0.05, 0.1) is 23.2 Å². The normalized spacial score (nSPS) is 10.8. The van der Waals surface area contributed by atoms with Crippen LogP contribution in [0.4, 0.5) is 0 Å². The van der Waals surface area contributed by atoms with Crippen LogP contribution in [0.3, 0.4) is 0 Å². The highest BCUT2D eigenvalue weighted by Gasteiger charge is 2.14. The van der Waals surface area contributed by atoms with Crippen molar-refractivity contribution in [1.82, 2.24) is 9.55 Å². The summed E-state index contributed by atoms with van der Waals surface area (Å²) >= 11 is 2.23. The molecule has 0 amide bonds. The maximum absolute atomic E-state index is 11.9. The molecule has 2 aromatic carbocycles. The topological polar surface area (TPSA) is 44.1 Å². The van der Waals surface area contributed by atoms with Crippen molar-refractivity contribution in [2.24, 2.45) is 0 Å². The molecule has 0 spiro atoms. The molecular formula is C16H13IN2O2. The second kappa shape index (κ2) is 5.85. The Kier molecular flexibility index (Phi) is 3.92. The number of carbonyl (C=O) groups is 1. The van der Waals surface area contributed by atoms with Crippen molar-refractivity contribution in [3.63, 3.8) is 0 Å². The van der Waals surface area contributed by atoms with E-state index in [0.717, 1.165) is 20.3 Å². The summed E-state index contributed by atoms with van der Waals surface area (Å²) in [6.07, 6.45) is 1.77. The van der Waals surface area contributed by atoms with Gasteiger partial charge < -0.3 is 4.74 Å². The number of esters is 1. The Morgan fingerprint density at radius 2 is 2.05 bits per heavy atom. The lowest BCUT2D eigenvalue weighted by molar-refractivity contribution is 0.0526. The quantitative estimate of drug-likeness (QED) is 0.503. The Balaban J connectivity index is 2.14. The van der Waals surface area contributed by atoms with E-state index in [1.165, 1.54) is 0 Å². The third-order valence-corrected chi connectivity index (χ3v) is 3.96. The second-order valence-electron chi connectivity index (χ2n) is 4.50. The molecule has 0 fully saturated rings. The molecule has 0 aliphatic carbocycles. The number of halogens is 1. The molecule has 0 saturated heterocycles. The molecule has 1 heterocycles. The third-order valence-electron chi connectivity index (χ3n) is 3.14. The minimum Gasteiger partial charge on any atom is -0.462 e. The summed E-state index contributed by atoms with van der Waals surface area (Å²) in [6, 6.07) is 13.6. The molecule has 0 atom stereocenters. The molecule has 21 heavy (non-hydrogen) atoms. The largest absolute Gasteiger partial charge is 0.462 e. The first kappa shape index (κ1) is 14.1. The van der Waals surface area contributed by atoms with Gasteiger partial charge >= 0.3 is 5.97 Å². The van der Waals surface area contributed by atoms with Crippen LogP contribution in [0.1, 0.15) is 17.3 Å². The van der Waals surface area contributed by atoms with Gasteiger partial charge in [0.15, 0.2) is 0 Å². The number of rotatable bonds is 3. The first-order valence-electron chi connectivity index (χ1n) is 6.60. The molecular weight excluding hydrogens is 379 g/mol. The monoisotopic (exact) mass is 392 g/mol. The zero-order valence-corrected chi connectivity index (χ0v) is 13.6. The smallest absolute Gasteiger partial charge is 0.338 e. The zero-order chi connectivity index (χ0) is 14.8. The lowest BCUT2D eigenvalue weighted by atomic mass is 10.2. The molecule has 0 bridgehead atoms. The highest BCUT2D eigenvalue weighted by Crippen LogP contribution is 2.25. The molecule has 0 saturated carbocycles. The molecule has 3 rings (SSSR count). The van der Waals surface area contributed by atoms with E-state index < -0.39 is 0 Å². The van der Waals surface area contributed by atoms with Crippen molar-refractivity contribution in [3.8, 4) is 5.69 Å². The van der Waals surface area contributed by atoms with E-state index in [2.05, 4.69) is 27.6 Å². The van der Waals surface area contributed by atoms with E-state index in [9.17, 15) is 4.79 Å². The van der Waals surface area contributed by atoms with Crippen LogP contribution in [-0.4, -0.2) is 22.1 Å². The number of imidazole rings is 1. The van der Waals surface area contributed by atoms with Gasteiger partial charge in [0.1, 0.15) is 6.33 Å². The SMILES string of the molecule is CCOC(=O)c1cc(I)c2c(c1)ncn2-c1ccccc1. The third kappa shape index (κ3) is 2.65. The molecule has 0 aliphatic heterocycles. The van der Waals surface area contributed by atoms with E-state index in [0.29, 0.717) is 12.2 Å². The van der Waals surface area contributed by atoms with Crippen LogP contribution in [0.25, 0.3) is 16.7 Å². The van der Waals surface area contributed by atoms with Gasteiger partial charge in [-0.25, -0.2) is 9.78 Å². The average Bonchev–Trinajstić information content (AvgIpc) is 2.93. The fourth-order valence-electron chi connectivity index (χ4n) is 2.22. The van der Waals surface area contributed by atoms with Crippen LogP contribution >= 0.6 is 22.6 Å². The van der Waals surface area contributed by atoms with E-state index in [-0.39, 0.29) is 5.97 Å². The van der Waals surface area contributed by atoms with Gasteiger partial charge in [0, 0.05) is 9.26 Å². The number of hydrogen-bond donors (Lipinski definition) is 0. The molecule has 1 aromatic heterocycles. The van der Waals surface area contributed by atoms with Crippen LogP contribution in [0.2, 0.25) is 0 Å². The molecule has 0 unspecified atom stereocenters. The van der Waals surface area contributed by atoms with Crippen molar-refractivity contribution >= 4 is 39.6 Å². The van der Waals surface area contributed by atoms with Gasteiger partial charge in [-0.3, -0.25) is 4.57 Å². The Morgan fingerprint density at radius 3 is 2.76 bits per heavy atom. The van der Waals surface area contributed by atoms with Gasteiger partial charge in [0.2, 0.25) is 0 Å². The number of nitrogens with zero attached hydrogens (tertiary/aromatic N) is 2. The van der Waals surface area contributed by atoms with Gasteiger partial charge in [-0.15, -0.1) is 0 Å². The summed E-state index contributed by atoms with van der Waals surface area (Å²) in [5.41, 5.74) is 3.36. The number of fused-ring (bicyclic) bond motifs is 1. The molecule has 0 aliphatic rings. The van der Waals surface area contributed by atoms with Crippen molar-refractivity contribution < 1.29 is 9.53 Å². The van der Waals surface area contributed by atoms with E-state index in [1.54, 1.807) is 19.3 Å². The van der Waals surface area contributed by atoms with Gasteiger partial charge in [-0.1, -0.05) is 18.2 Å². The molecule has 3 aromatic rings. The summed E-state index contributed by atoms with van der Waals surface area (Å²) in [5.74, 6) is -0.313. The minimum atomic E-state index is -0.313. The molecule has 5 heteroatoms. The highest BCUT2D eigenvalue weighted by molar-refractivity contribution is 14.1. The Morgan fingerprint density at radius 1 is 1.29 bits per heavy atom. The van der Waals surface area contributed by atoms with Crippen molar-refractivity contribution in [2.45, 2.75) is 6.92 Å². The van der Waals surface area contributed by atoms with Crippen molar-refractivity contribution in [3.05, 3.63) is 57.9 Å². The number of aromatic nitrogens is 2. The Labute approximate surface area is 135 Å². The zero-order valence-electron chi connectivity index (χ0n) is 11.4. The lowest BCUT2D eigenvalue weighted by Gasteiger charge is -2.07. The van der Waals surface area contributed by atoms with Gasteiger partial charge in [-0.2, -0.15) is 0 Å². The maximum Gasteiger partial charge on any atom is 0.338 e. The fourth-order valence-corrected chi connectivity index (χ4v) is 3.09. The molecule has 0 N–H and O–H groups in total. The molecule has 106 valence electrons. The van der Waals surface area contributed by atoms with Gasteiger partial charge in [-0.05, 0) is 53.8 Å². The van der Waals surface area contributed by atoms with Crippen LogP contribution < -0.4 is 0 Å². The average molecular weight is 392 g/mol. The lowest BCUT2D eigenvalue weighted by Crippen LogP contribution is -2.05. The second-order valence-corrected chi connectivity index (χ2v) is 5.66. The predicted molar refractivity (Wildman–Crippen MR) is 89.7 cm³/mol. The van der Waals surface area contributed by atoms with Crippen LogP contribution in [-0.2, 0) is 4.74 Å². The Bertz CT molecular complexity index is 797. The van der Waals surface area contributed by atoms with E-state index in [1.807, 2.05) is 41.0 Å². The van der Waals surface area contributed by atoms with Gasteiger partial charge in [0.25, 0.3) is 0 Å². The summed E-state index contributed by atoms with van der Waals surface area (Å²) < 4.78 is 8.03. The van der Waals surface area contributed by atoms with Crippen molar-refractivity contribution in [2.75, 3.05) is 6.61 Å². The van der Waals surface area contributed by atoms with Crippen LogP contribution in [0.5, 0.6) is 0 Å². The van der Waals surface area contributed by atoms with E-state index >= 15 is 0 Å². The number of ether oxygens (including phenoxy) is 1. The minimum absolute atomic E-state index is 0.313. The number of para-hydroxylation sites is 1. The van der Waals surface area contributed by atoms with Crippen LogP contribution in [0.15, 0.2) is 48.8 Å². The fraction of sp³-hybridized carbons (Fsp3) is 0.125. The maximum atomic E-state index is 11.9. The first-order chi connectivity index (χ1) is 10.2. The first-order valence-corrected chi connectivity index (χ1v) is 7.67. The Hall–Kier alpha value is -1.89. The number of hydrogen-bond acceptors (Lipinski definition) is 3. The van der Waals surface area contributed by atoms with Crippen molar-refractivity contribution in [1.29, 1.82) is 0 Å². The van der Waals surface area contributed by atoms with Crippen LogP contribution in [0, 0.1) is 3.57 Å². The summed E-state index contributed by atoms with van der Waals surface area (Å²) in [5, 5.41) is 0. The summed E-state index contributed by atoms with van der Waals surface area (Å²) in [4.78, 5) is 16.3. The summed E-state index contributed by atoms with van der Waals surface area (Å²) in [7, 11) is 0. The highest BCUT2D eigenvalue weighted by atomic mass is 127. The van der Waals surface area contributed by atoms with E-state index in [4.69, 9.17) is 4.74 Å². The number of carbonyl (C=O) groups excluding carboxylic acids is 1. The standard InChI is InChI=1S/C16H13IN2O2/c1-2-21-16(20)11-8-13(17)15-14(9-11)18-10-19(15)12-6-4-3-5-7-12/h3-10H,2H2,1H3. The number of benzene rings is 2. The molecule has 4 nitrogen and oxygen atoms in total.